The second-order valence-electron chi connectivity index (χ2n) is 8.36. The van der Waals surface area contributed by atoms with Gasteiger partial charge in [0.25, 0.3) is 5.91 Å². The normalized spacial score (nSPS) is 23.1. The number of aryl methyl sites for hydroxylation is 2. The van der Waals surface area contributed by atoms with Gasteiger partial charge in [0.05, 0.1) is 5.39 Å². The third kappa shape index (κ3) is 2.74. The summed E-state index contributed by atoms with van der Waals surface area (Å²) in [5.74, 6) is 2.28. The zero-order chi connectivity index (χ0) is 18.7. The van der Waals surface area contributed by atoms with Gasteiger partial charge in [-0.25, -0.2) is 9.97 Å². The number of nitrogens with zero attached hydrogens (tertiary/aromatic N) is 5. The molecule has 4 heterocycles. The summed E-state index contributed by atoms with van der Waals surface area (Å²) in [5, 5.41) is 5.68. The summed E-state index contributed by atoms with van der Waals surface area (Å²) < 4.78 is 1.77. The lowest BCUT2D eigenvalue weighted by Gasteiger charge is -2.29. The van der Waals surface area contributed by atoms with Crippen LogP contribution in [0, 0.1) is 18.8 Å². The van der Waals surface area contributed by atoms with E-state index in [0.29, 0.717) is 17.7 Å². The minimum atomic E-state index is -0.0461. The van der Waals surface area contributed by atoms with Crippen molar-refractivity contribution in [2.75, 3.05) is 13.1 Å². The lowest BCUT2D eigenvalue weighted by Crippen LogP contribution is -2.39. The Hall–Kier alpha value is -2.02. The zero-order valence-corrected chi connectivity index (χ0v) is 17.0. The Morgan fingerprint density at radius 2 is 2.04 bits per heavy atom. The maximum absolute atomic E-state index is 13.0. The number of carbonyl (C=O) groups is 1. The Bertz CT molecular complexity index is 1050. The summed E-state index contributed by atoms with van der Waals surface area (Å²) in [5.41, 5.74) is 2.18. The van der Waals surface area contributed by atoms with E-state index in [1.54, 1.807) is 15.9 Å². The van der Waals surface area contributed by atoms with Crippen LogP contribution < -0.4 is 0 Å². The fraction of sp³-hybridized carbons (Fsp3) is 0.600. The van der Waals surface area contributed by atoms with Crippen molar-refractivity contribution < 1.29 is 4.79 Å². The summed E-state index contributed by atoms with van der Waals surface area (Å²) in [4.78, 5) is 26.9. The summed E-state index contributed by atoms with van der Waals surface area (Å²) in [6, 6.07) is 0. The predicted molar refractivity (Wildman–Crippen MR) is 106 cm³/mol. The van der Waals surface area contributed by atoms with Crippen LogP contribution in [0.5, 0.6) is 0 Å². The Balaban J connectivity index is 1.64. The molecule has 27 heavy (non-hydrogen) atoms. The van der Waals surface area contributed by atoms with Crippen molar-refractivity contribution in [1.82, 2.24) is 24.5 Å². The van der Waals surface area contributed by atoms with E-state index in [-0.39, 0.29) is 5.91 Å². The van der Waals surface area contributed by atoms with Gasteiger partial charge in [0, 0.05) is 18.0 Å². The summed E-state index contributed by atoms with van der Waals surface area (Å²) in [6.45, 7) is 8.05. The fourth-order valence-electron chi connectivity index (χ4n) is 4.55. The molecule has 1 aliphatic heterocycles. The van der Waals surface area contributed by atoms with Crippen molar-refractivity contribution in [3.63, 3.8) is 0 Å². The number of piperidine rings is 1. The first-order valence-corrected chi connectivity index (χ1v) is 10.8. The smallest absolute Gasteiger partial charge is 0.293 e. The minimum Gasteiger partial charge on any atom is -0.336 e. The average molecular weight is 384 g/mol. The van der Waals surface area contributed by atoms with Crippen LogP contribution in [0.2, 0.25) is 0 Å². The van der Waals surface area contributed by atoms with Gasteiger partial charge in [-0.2, -0.15) is 4.52 Å². The second kappa shape index (κ2) is 6.26. The molecule has 1 amide bonds. The molecule has 142 valence electrons. The Morgan fingerprint density at radius 3 is 2.85 bits per heavy atom. The summed E-state index contributed by atoms with van der Waals surface area (Å²) in [6.07, 6.45) is 5.66. The first-order chi connectivity index (χ1) is 13.0. The largest absolute Gasteiger partial charge is 0.336 e. The number of hydrogen-bond acceptors (Lipinski definition) is 5. The van der Waals surface area contributed by atoms with Crippen molar-refractivity contribution in [2.45, 2.75) is 52.9 Å². The first kappa shape index (κ1) is 17.1. The predicted octanol–water partition coefficient (Wildman–Crippen LogP) is 3.64. The van der Waals surface area contributed by atoms with E-state index in [1.807, 2.05) is 11.8 Å². The van der Waals surface area contributed by atoms with E-state index in [0.717, 1.165) is 54.0 Å². The highest BCUT2D eigenvalue weighted by Crippen LogP contribution is 2.39. The van der Waals surface area contributed by atoms with Crippen molar-refractivity contribution in [1.29, 1.82) is 0 Å². The molecule has 1 aliphatic carbocycles. The molecule has 3 aromatic heterocycles. The van der Waals surface area contributed by atoms with Crippen LogP contribution in [0.3, 0.4) is 0 Å². The maximum atomic E-state index is 13.0. The van der Waals surface area contributed by atoms with E-state index in [1.165, 1.54) is 23.3 Å². The van der Waals surface area contributed by atoms with E-state index in [2.05, 4.69) is 18.9 Å². The molecule has 2 atom stereocenters. The molecule has 3 aromatic rings. The molecule has 7 heteroatoms. The number of rotatable bonds is 1. The summed E-state index contributed by atoms with van der Waals surface area (Å²) in [7, 11) is 0. The third-order valence-corrected chi connectivity index (χ3v) is 7.21. The van der Waals surface area contributed by atoms with Gasteiger partial charge in [-0.1, -0.05) is 13.8 Å². The van der Waals surface area contributed by atoms with Crippen LogP contribution in [0.15, 0.2) is 0 Å². The van der Waals surface area contributed by atoms with Crippen molar-refractivity contribution in [2.24, 2.45) is 11.8 Å². The molecule has 2 aliphatic rings. The molecule has 0 bridgehead atoms. The van der Waals surface area contributed by atoms with Crippen LogP contribution in [0.4, 0.5) is 0 Å². The third-order valence-electron chi connectivity index (χ3n) is 6.03. The first-order valence-electron chi connectivity index (χ1n) is 9.98. The molecular weight excluding hydrogens is 358 g/mol. The molecule has 0 saturated carbocycles. The monoisotopic (exact) mass is 383 g/mol. The van der Waals surface area contributed by atoms with Crippen LogP contribution in [-0.4, -0.2) is 43.5 Å². The lowest BCUT2D eigenvalue weighted by atomic mass is 9.89. The van der Waals surface area contributed by atoms with Crippen molar-refractivity contribution in [3.8, 4) is 0 Å². The molecule has 1 fully saturated rings. The Morgan fingerprint density at radius 1 is 1.19 bits per heavy atom. The standard InChI is InChI=1S/C20H25N5OS/c1-11-6-7-15-14(9-11)16-18-22-17(20(26)24-8-4-5-12(2)10-24)23-25(18)13(3)21-19(16)27-15/h11-12H,4-10H2,1-3H3/t11-,12+/m1/s1. The quantitative estimate of drug-likeness (QED) is 0.643. The lowest BCUT2D eigenvalue weighted by molar-refractivity contribution is 0.0671. The Labute approximate surface area is 162 Å². The molecule has 0 N–H and O–H groups in total. The number of carbonyl (C=O) groups excluding carboxylic acids is 1. The molecule has 0 spiro atoms. The van der Waals surface area contributed by atoms with Gasteiger partial charge in [-0.05, 0) is 56.4 Å². The number of hydrogen-bond donors (Lipinski definition) is 0. The molecule has 0 aromatic carbocycles. The van der Waals surface area contributed by atoms with Gasteiger partial charge >= 0.3 is 0 Å². The number of amides is 1. The highest BCUT2D eigenvalue weighted by Gasteiger charge is 2.28. The fourth-order valence-corrected chi connectivity index (χ4v) is 5.81. The van der Waals surface area contributed by atoms with Gasteiger partial charge in [0.2, 0.25) is 5.82 Å². The summed E-state index contributed by atoms with van der Waals surface area (Å²) >= 11 is 1.79. The molecule has 1 saturated heterocycles. The number of aromatic nitrogens is 4. The molecule has 5 rings (SSSR count). The van der Waals surface area contributed by atoms with Gasteiger partial charge in [-0.3, -0.25) is 4.79 Å². The SMILES string of the molecule is Cc1nc2sc3c(c2c2nc(C(=O)N4CCC[C@H](C)C4)nn12)C[C@H](C)CC3. The highest BCUT2D eigenvalue weighted by atomic mass is 32.1. The number of fused-ring (bicyclic) bond motifs is 5. The highest BCUT2D eigenvalue weighted by molar-refractivity contribution is 7.19. The molecular formula is C20H25N5OS. The molecule has 0 radical (unpaired) electrons. The Kier molecular flexibility index (Phi) is 3.96. The van der Waals surface area contributed by atoms with Gasteiger partial charge in [-0.15, -0.1) is 16.4 Å². The van der Waals surface area contributed by atoms with Crippen LogP contribution >= 0.6 is 11.3 Å². The van der Waals surface area contributed by atoms with E-state index in [9.17, 15) is 4.79 Å². The second-order valence-corrected chi connectivity index (χ2v) is 9.44. The average Bonchev–Trinajstić information content (AvgIpc) is 3.22. The van der Waals surface area contributed by atoms with E-state index < -0.39 is 0 Å². The van der Waals surface area contributed by atoms with Crippen molar-refractivity contribution >= 4 is 33.1 Å². The van der Waals surface area contributed by atoms with E-state index in [4.69, 9.17) is 9.97 Å². The number of likely N-dealkylation sites (tertiary alicyclic amines) is 1. The van der Waals surface area contributed by atoms with Crippen LogP contribution in [0.25, 0.3) is 15.9 Å². The van der Waals surface area contributed by atoms with E-state index >= 15 is 0 Å². The van der Waals surface area contributed by atoms with Crippen molar-refractivity contribution in [3.05, 3.63) is 22.1 Å². The van der Waals surface area contributed by atoms with Gasteiger partial charge < -0.3 is 4.90 Å². The zero-order valence-electron chi connectivity index (χ0n) is 16.2. The minimum absolute atomic E-state index is 0.0461. The van der Waals surface area contributed by atoms with Crippen LogP contribution in [-0.2, 0) is 12.8 Å². The van der Waals surface area contributed by atoms with Crippen LogP contribution in [0.1, 0.15) is 60.0 Å². The maximum Gasteiger partial charge on any atom is 0.293 e. The number of thiophene rings is 1. The van der Waals surface area contributed by atoms with Gasteiger partial charge in [0.1, 0.15) is 10.7 Å². The molecule has 0 unspecified atom stereocenters. The molecule has 6 nitrogen and oxygen atoms in total. The van der Waals surface area contributed by atoms with Gasteiger partial charge in [0.15, 0.2) is 5.65 Å². The topological polar surface area (TPSA) is 63.4 Å².